The van der Waals surface area contributed by atoms with Crippen LogP contribution in [0.15, 0.2) is 36.9 Å². The number of hydrogen-bond donors (Lipinski definition) is 1. The Balaban J connectivity index is 2.81. The van der Waals surface area contributed by atoms with Crippen LogP contribution in [0.2, 0.25) is 0 Å². The molecule has 1 N–H and O–H groups in total. The quantitative estimate of drug-likeness (QED) is 0.737. The molecule has 78 valence electrons. The van der Waals surface area contributed by atoms with E-state index in [4.69, 9.17) is 10.4 Å². The molecular formula is C12H14N2O. The van der Waals surface area contributed by atoms with Gasteiger partial charge in [-0.25, -0.2) is 0 Å². The molecule has 0 amide bonds. The number of nitrogens with zero attached hydrogens (tertiary/aromatic N) is 2. The van der Waals surface area contributed by atoms with E-state index in [0.717, 1.165) is 5.69 Å². The van der Waals surface area contributed by atoms with Gasteiger partial charge in [0.15, 0.2) is 0 Å². The van der Waals surface area contributed by atoms with Gasteiger partial charge in [-0.3, -0.25) is 0 Å². The van der Waals surface area contributed by atoms with Crippen LogP contribution in [0.5, 0.6) is 0 Å². The molecule has 0 spiro atoms. The van der Waals surface area contributed by atoms with Gasteiger partial charge in [-0.1, -0.05) is 6.08 Å². The van der Waals surface area contributed by atoms with Crippen LogP contribution in [0.3, 0.4) is 0 Å². The van der Waals surface area contributed by atoms with E-state index in [1.165, 1.54) is 0 Å². The van der Waals surface area contributed by atoms with Crippen LogP contribution < -0.4 is 4.90 Å². The molecule has 1 aromatic rings. The summed E-state index contributed by atoms with van der Waals surface area (Å²) in [6, 6.07) is 9.35. The lowest BCUT2D eigenvalue weighted by molar-refractivity contribution is 0.303. The molecule has 0 saturated heterocycles. The van der Waals surface area contributed by atoms with Crippen LogP contribution in [-0.4, -0.2) is 24.8 Å². The Hall–Kier alpha value is -1.79. The van der Waals surface area contributed by atoms with E-state index in [0.29, 0.717) is 18.7 Å². The zero-order valence-electron chi connectivity index (χ0n) is 8.56. The number of rotatable bonds is 5. The number of aliphatic hydroxyl groups is 1. The Kier molecular flexibility index (Phi) is 4.39. The Morgan fingerprint density at radius 3 is 2.53 bits per heavy atom. The van der Waals surface area contributed by atoms with Gasteiger partial charge in [0.05, 0.1) is 18.2 Å². The maximum atomic E-state index is 8.90. The van der Waals surface area contributed by atoms with Crippen molar-refractivity contribution >= 4 is 5.69 Å². The minimum absolute atomic E-state index is 0.105. The molecule has 0 aliphatic rings. The summed E-state index contributed by atoms with van der Waals surface area (Å²) in [6.45, 7) is 5.03. The van der Waals surface area contributed by atoms with Gasteiger partial charge in [-0.2, -0.15) is 5.26 Å². The molecule has 0 bridgehead atoms. The number of aliphatic hydroxyl groups excluding tert-OH is 1. The highest BCUT2D eigenvalue weighted by Crippen LogP contribution is 2.14. The highest BCUT2D eigenvalue weighted by Gasteiger charge is 2.03. The van der Waals surface area contributed by atoms with Gasteiger partial charge < -0.3 is 10.0 Å². The molecule has 0 aliphatic heterocycles. The summed E-state index contributed by atoms with van der Waals surface area (Å²) >= 11 is 0. The summed E-state index contributed by atoms with van der Waals surface area (Å²) in [7, 11) is 0. The molecule has 0 aliphatic carbocycles. The van der Waals surface area contributed by atoms with E-state index in [1.54, 1.807) is 18.2 Å². The molecule has 0 aromatic heterocycles. The van der Waals surface area contributed by atoms with Gasteiger partial charge in [0.25, 0.3) is 0 Å². The zero-order chi connectivity index (χ0) is 11.1. The number of anilines is 1. The van der Waals surface area contributed by atoms with Crippen molar-refractivity contribution in [2.45, 2.75) is 0 Å². The number of benzene rings is 1. The second kappa shape index (κ2) is 5.84. The molecule has 0 fully saturated rings. The van der Waals surface area contributed by atoms with E-state index in [1.807, 2.05) is 17.0 Å². The summed E-state index contributed by atoms with van der Waals surface area (Å²) < 4.78 is 0. The molecule has 0 saturated carbocycles. The second-order valence-corrected chi connectivity index (χ2v) is 3.12. The lowest BCUT2D eigenvalue weighted by Gasteiger charge is -2.22. The van der Waals surface area contributed by atoms with Crippen molar-refractivity contribution in [3.63, 3.8) is 0 Å². The molecule has 3 heteroatoms. The minimum atomic E-state index is 0.105. The third kappa shape index (κ3) is 3.12. The van der Waals surface area contributed by atoms with Crippen LogP contribution in [-0.2, 0) is 0 Å². The average Bonchev–Trinajstić information content (AvgIpc) is 2.29. The maximum absolute atomic E-state index is 8.90. The molecule has 1 rings (SSSR count). The van der Waals surface area contributed by atoms with Gasteiger partial charge in [0.2, 0.25) is 0 Å². The Morgan fingerprint density at radius 1 is 1.40 bits per heavy atom. The first-order chi connectivity index (χ1) is 7.31. The molecule has 3 nitrogen and oxygen atoms in total. The Labute approximate surface area is 89.9 Å². The van der Waals surface area contributed by atoms with Crippen LogP contribution in [0.4, 0.5) is 5.69 Å². The molecule has 15 heavy (non-hydrogen) atoms. The van der Waals surface area contributed by atoms with Gasteiger partial charge in [-0.15, -0.1) is 6.58 Å². The van der Waals surface area contributed by atoms with Gasteiger partial charge in [0.1, 0.15) is 0 Å². The van der Waals surface area contributed by atoms with Gasteiger partial charge in [-0.05, 0) is 24.3 Å². The third-order valence-corrected chi connectivity index (χ3v) is 2.08. The summed E-state index contributed by atoms with van der Waals surface area (Å²) in [5, 5.41) is 17.6. The fourth-order valence-electron chi connectivity index (χ4n) is 1.35. The maximum Gasteiger partial charge on any atom is 0.0991 e. The SMILES string of the molecule is C=CCN(CCO)c1ccc(C#N)cc1. The first kappa shape index (κ1) is 11.3. The molecular weight excluding hydrogens is 188 g/mol. The first-order valence-corrected chi connectivity index (χ1v) is 4.78. The van der Waals surface area contributed by atoms with E-state index >= 15 is 0 Å². The van der Waals surface area contributed by atoms with E-state index in [9.17, 15) is 0 Å². The van der Waals surface area contributed by atoms with E-state index < -0.39 is 0 Å². The smallest absolute Gasteiger partial charge is 0.0991 e. The van der Waals surface area contributed by atoms with Crippen molar-refractivity contribution in [1.29, 1.82) is 5.26 Å². The lowest BCUT2D eigenvalue weighted by atomic mass is 10.2. The largest absolute Gasteiger partial charge is 0.395 e. The predicted molar refractivity (Wildman–Crippen MR) is 60.7 cm³/mol. The topological polar surface area (TPSA) is 47.3 Å². The fourth-order valence-corrected chi connectivity index (χ4v) is 1.35. The van der Waals surface area contributed by atoms with Crippen molar-refractivity contribution in [3.05, 3.63) is 42.5 Å². The van der Waals surface area contributed by atoms with Crippen molar-refractivity contribution in [2.24, 2.45) is 0 Å². The Bertz CT molecular complexity index is 351. The first-order valence-electron chi connectivity index (χ1n) is 4.78. The highest BCUT2D eigenvalue weighted by molar-refractivity contribution is 5.50. The van der Waals surface area contributed by atoms with Crippen molar-refractivity contribution < 1.29 is 5.11 Å². The van der Waals surface area contributed by atoms with E-state index in [-0.39, 0.29) is 6.61 Å². The summed E-state index contributed by atoms with van der Waals surface area (Å²) in [6.07, 6.45) is 1.79. The molecule has 1 aromatic carbocycles. The van der Waals surface area contributed by atoms with E-state index in [2.05, 4.69) is 12.6 Å². The number of nitriles is 1. The molecule has 0 atom stereocenters. The highest BCUT2D eigenvalue weighted by atomic mass is 16.3. The van der Waals surface area contributed by atoms with Crippen LogP contribution in [0.1, 0.15) is 5.56 Å². The minimum Gasteiger partial charge on any atom is -0.395 e. The lowest BCUT2D eigenvalue weighted by Crippen LogP contribution is -2.26. The van der Waals surface area contributed by atoms with Crippen molar-refractivity contribution in [1.82, 2.24) is 0 Å². The predicted octanol–water partition coefficient (Wildman–Crippen LogP) is 1.54. The summed E-state index contributed by atoms with van der Waals surface area (Å²) in [5.41, 5.74) is 1.63. The monoisotopic (exact) mass is 202 g/mol. The normalized spacial score (nSPS) is 9.33. The Morgan fingerprint density at radius 2 is 2.07 bits per heavy atom. The summed E-state index contributed by atoms with van der Waals surface area (Å²) in [5.74, 6) is 0. The third-order valence-electron chi connectivity index (χ3n) is 2.08. The van der Waals surface area contributed by atoms with Crippen LogP contribution in [0.25, 0.3) is 0 Å². The van der Waals surface area contributed by atoms with Crippen LogP contribution in [0, 0.1) is 11.3 Å². The zero-order valence-corrected chi connectivity index (χ0v) is 8.56. The standard InChI is InChI=1S/C12H14N2O/c1-2-7-14(8-9-15)12-5-3-11(10-13)4-6-12/h2-6,15H,1,7-9H2. The average molecular weight is 202 g/mol. The van der Waals surface area contributed by atoms with Gasteiger partial charge in [0, 0.05) is 18.8 Å². The second-order valence-electron chi connectivity index (χ2n) is 3.12. The summed E-state index contributed by atoms with van der Waals surface area (Å²) in [4.78, 5) is 1.99. The van der Waals surface area contributed by atoms with Crippen molar-refractivity contribution in [2.75, 3.05) is 24.6 Å². The molecule has 0 heterocycles. The fraction of sp³-hybridized carbons (Fsp3) is 0.250. The molecule has 0 radical (unpaired) electrons. The number of hydrogen-bond acceptors (Lipinski definition) is 3. The molecule has 0 unspecified atom stereocenters. The van der Waals surface area contributed by atoms with Crippen molar-refractivity contribution in [3.8, 4) is 6.07 Å². The van der Waals surface area contributed by atoms with Crippen LogP contribution >= 0.6 is 0 Å². The van der Waals surface area contributed by atoms with Gasteiger partial charge >= 0.3 is 0 Å².